The fourth-order valence-electron chi connectivity index (χ4n) is 3.88. The van der Waals surface area contributed by atoms with E-state index in [4.69, 9.17) is 0 Å². The van der Waals surface area contributed by atoms with E-state index in [1.807, 2.05) is 6.20 Å². The molecule has 106 valence electrons. The molecule has 0 saturated heterocycles. The molecule has 0 bridgehead atoms. The molecule has 2 fully saturated rings. The zero-order valence-electron chi connectivity index (χ0n) is 12.1. The molecular formula is C16H27N3. The first kappa shape index (κ1) is 13.0. The van der Waals surface area contributed by atoms with Gasteiger partial charge >= 0.3 is 0 Å². The fourth-order valence-corrected chi connectivity index (χ4v) is 3.88. The fraction of sp³-hybridized carbons (Fsp3) is 0.812. The van der Waals surface area contributed by atoms with Gasteiger partial charge in [-0.1, -0.05) is 39.0 Å². The SMILES string of the molecule is CCC1CCCC(Nc2nccn2C2CCCC2)C1. The van der Waals surface area contributed by atoms with Crippen molar-refractivity contribution in [3.63, 3.8) is 0 Å². The zero-order valence-corrected chi connectivity index (χ0v) is 12.1. The van der Waals surface area contributed by atoms with Crippen molar-refractivity contribution in [3.05, 3.63) is 12.4 Å². The number of hydrogen-bond acceptors (Lipinski definition) is 2. The van der Waals surface area contributed by atoms with Gasteiger partial charge in [-0.05, 0) is 31.6 Å². The largest absolute Gasteiger partial charge is 0.353 e. The Kier molecular flexibility index (Phi) is 4.09. The lowest BCUT2D eigenvalue weighted by Gasteiger charge is -2.30. The number of nitrogens with one attached hydrogen (secondary N) is 1. The summed E-state index contributed by atoms with van der Waals surface area (Å²) in [6, 6.07) is 1.33. The predicted molar refractivity (Wildman–Crippen MR) is 79.4 cm³/mol. The third-order valence-corrected chi connectivity index (χ3v) is 5.08. The van der Waals surface area contributed by atoms with Gasteiger partial charge in [0.15, 0.2) is 0 Å². The molecule has 2 atom stereocenters. The van der Waals surface area contributed by atoms with Crippen molar-refractivity contribution in [2.45, 2.75) is 76.8 Å². The first-order valence-corrected chi connectivity index (χ1v) is 8.16. The molecule has 1 aromatic rings. The van der Waals surface area contributed by atoms with E-state index >= 15 is 0 Å². The summed E-state index contributed by atoms with van der Waals surface area (Å²) in [6.45, 7) is 2.33. The number of anilines is 1. The maximum absolute atomic E-state index is 4.56. The van der Waals surface area contributed by atoms with Crippen molar-refractivity contribution < 1.29 is 0 Å². The molecule has 1 N–H and O–H groups in total. The van der Waals surface area contributed by atoms with E-state index in [1.54, 1.807) is 0 Å². The highest BCUT2D eigenvalue weighted by Crippen LogP contribution is 2.33. The Labute approximate surface area is 116 Å². The predicted octanol–water partition coefficient (Wildman–Crippen LogP) is 4.38. The Morgan fingerprint density at radius 1 is 1.21 bits per heavy atom. The minimum absolute atomic E-state index is 0.640. The van der Waals surface area contributed by atoms with Crippen LogP contribution in [-0.2, 0) is 0 Å². The first-order chi connectivity index (χ1) is 9.36. The second-order valence-electron chi connectivity index (χ2n) is 6.38. The van der Waals surface area contributed by atoms with Gasteiger partial charge in [0.1, 0.15) is 0 Å². The number of imidazole rings is 1. The summed E-state index contributed by atoms with van der Waals surface area (Å²) in [5.74, 6) is 2.04. The summed E-state index contributed by atoms with van der Waals surface area (Å²) in [4.78, 5) is 4.56. The van der Waals surface area contributed by atoms with Crippen LogP contribution in [0, 0.1) is 5.92 Å². The van der Waals surface area contributed by atoms with Gasteiger partial charge in [0.25, 0.3) is 0 Å². The van der Waals surface area contributed by atoms with Gasteiger partial charge in [0.2, 0.25) is 5.95 Å². The molecule has 1 heterocycles. The van der Waals surface area contributed by atoms with Crippen molar-refractivity contribution in [3.8, 4) is 0 Å². The first-order valence-electron chi connectivity index (χ1n) is 8.16. The molecule has 0 amide bonds. The quantitative estimate of drug-likeness (QED) is 0.871. The average molecular weight is 261 g/mol. The highest BCUT2D eigenvalue weighted by atomic mass is 15.2. The summed E-state index contributed by atoms with van der Waals surface area (Å²) < 4.78 is 2.39. The minimum atomic E-state index is 0.640. The van der Waals surface area contributed by atoms with Crippen molar-refractivity contribution in [2.24, 2.45) is 5.92 Å². The van der Waals surface area contributed by atoms with Gasteiger partial charge in [-0.25, -0.2) is 4.98 Å². The van der Waals surface area contributed by atoms with Gasteiger partial charge in [-0.3, -0.25) is 0 Å². The second-order valence-corrected chi connectivity index (χ2v) is 6.38. The molecule has 3 heteroatoms. The minimum Gasteiger partial charge on any atom is -0.353 e. The summed E-state index contributed by atoms with van der Waals surface area (Å²) in [5, 5.41) is 3.72. The highest BCUT2D eigenvalue weighted by molar-refractivity contribution is 5.29. The van der Waals surface area contributed by atoms with Gasteiger partial charge < -0.3 is 9.88 Å². The summed E-state index contributed by atoms with van der Waals surface area (Å²) in [7, 11) is 0. The Balaban J connectivity index is 1.64. The Morgan fingerprint density at radius 2 is 2.05 bits per heavy atom. The third kappa shape index (κ3) is 2.96. The summed E-state index contributed by atoms with van der Waals surface area (Å²) in [5.41, 5.74) is 0. The van der Waals surface area contributed by atoms with Crippen LogP contribution in [-0.4, -0.2) is 15.6 Å². The summed E-state index contributed by atoms with van der Waals surface area (Å²) >= 11 is 0. The molecule has 0 spiro atoms. The van der Waals surface area contributed by atoms with E-state index in [9.17, 15) is 0 Å². The van der Waals surface area contributed by atoms with E-state index in [0.29, 0.717) is 12.1 Å². The molecule has 0 aromatic carbocycles. The maximum Gasteiger partial charge on any atom is 0.203 e. The van der Waals surface area contributed by atoms with Gasteiger partial charge in [0, 0.05) is 24.5 Å². The van der Waals surface area contributed by atoms with Crippen LogP contribution >= 0.6 is 0 Å². The van der Waals surface area contributed by atoms with E-state index in [2.05, 4.69) is 28.0 Å². The molecule has 2 saturated carbocycles. The topological polar surface area (TPSA) is 29.9 Å². The van der Waals surface area contributed by atoms with Crippen LogP contribution in [0.4, 0.5) is 5.95 Å². The molecule has 3 rings (SSSR count). The average Bonchev–Trinajstić information content (AvgIpc) is 3.09. The number of rotatable bonds is 4. The van der Waals surface area contributed by atoms with E-state index in [1.165, 1.54) is 57.8 Å². The van der Waals surface area contributed by atoms with Crippen LogP contribution < -0.4 is 5.32 Å². The number of hydrogen-bond donors (Lipinski definition) is 1. The van der Waals surface area contributed by atoms with Crippen LogP contribution in [0.5, 0.6) is 0 Å². The second kappa shape index (κ2) is 5.98. The lowest BCUT2D eigenvalue weighted by Crippen LogP contribution is -2.28. The van der Waals surface area contributed by atoms with Crippen LogP contribution in [0.3, 0.4) is 0 Å². The Hall–Kier alpha value is -0.990. The molecule has 2 aliphatic rings. The lowest BCUT2D eigenvalue weighted by molar-refractivity contribution is 0.325. The van der Waals surface area contributed by atoms with E-state index in [-0.39, 0.29) is 0 Å². The normalized spacial score (nSPS) is 28.7. The maximum atomic E-state index is 4.56. The van der Waals surface area contributed by atoms with Crippen LogP contribution in [0.2, 0.25) is 0 Å². The zero-order chi connectivity index (χ0) is 13.1. The molecule has 2 aliphatic carbocycles. The van der Waals surface area contributed by atoms with Crippen molar-refractivity contribution >= 4 is 5.95 Å². The van der Waals surface area contributed by atoms with Crippen molar-refractivity contribution in [2.75, 3.05) is 5.32 Å². The Bertz CT molecular complexity index is 392. The van der Waals surface area contributed by atoms with Gasteiger partial charge in [-0.15, -0.1) is 0 Å². The van der Waals surface area contributed by atoms with Crippen LogP contribution in [0.15, 0.2) is 12.4 Å². The van der Waals surface area contributed by atoms with Gasteiger partial charge in [0.05, 0.1) is 0 Å². The summed E-state index contributed by atoms with van der Waals surface area (Å²) in [6.07, 6.45) is 16.3. The van der Waals surface area contributed by atoms with Gasteiger partial charge in [-0.2, -0.15) is 0 Å². The monoisotopic (exact) mass is 261 g/mol. The third-order valence-electron chi connectivity index (χ3n) is 5.08. The standard InChI is InChI=1S/C16H27N3/c1-2-13-6-5-7-14(12-13)18-16-17-10-11-19(16)15-8-3-4-9-15/h10-11,13-15H,2-9,12H2,1H3,(H,17,18). The molecule has 0 radical (unpaired) electrons. The number of nitrogens with zero attached hydrogens (tertiary/aromatic N) is 2. The molecular weight excluding hydrogens is 234 g/mol. The lowest BCUT2D eigenvalue weighted by atomic mass is 9.84. The Morgan fingerprint density at radius 3 is 2.84 bits per heavy atom. The van der Waals surface area contributed by atoms with Crippen LogP contribution in [0.25, 0.3) is 0 Å². The number of aromatic nitrogens is 2. The molecule has 1 aromatic heterocycles. The van der Waals surface area contributed by atoms with E-state index < -0.39 is 0 Å². The van der Waals surface area contributed by atoms with E-state index in [0.717, 1.165) is 11.9 Å². The molecule has 3 nitrogen and oxygen atoms in total. The molecule has 2 unspecified atom stereocenters. The van der Waals surface area contributed by atoms with Crippen molar-refractivity contribution in [1.82, 2.24) is 9.55 Å². The highest BCUT2D eigenvalue weighted by Gasteiger charge is 2.24. The molecule has 19 heavy (non-hydrogen) atoms. The van der Waals surface area contributed by atoms with Crippen LogP contribution in [0.1, 0.15) is 70.8 Å². The molecule has 0 aliphatic heterocycles. The van der Waals surface area contributed by atoms with Crippen molar-refractivity contribution in [1.29, 1.82) is 0 Å². The smallest absolute Gasteiger partial charge is 0.203 e.